The fourth-order valence-electron chi connectivity index (χ4n) is 4.06. The molecule has 1 aromatic rings. The molecule has 0 radical (unpaired) electrons. The van der Waals surface area contributed by atoms with Gasteiger partial charge in [0.2, 0.25) is 0 Å². The number of hydrogen-bond acceptors (Lipinski definition) is 4. The zero-order chi connectivity index (χ0) is 14.7. The Balaban J connectivity index is 1.75. The van der Waals surface area contributed by atoms with Gasteiger partial charge in [0.1, 0.15) is 0 Å². The standard InChI is InChI=1S/C17H27N3O/c1-13-5-6-15(12-19-13)16(20-18)14-7-10-21-17(11-14)8-3-2-4-9-17/h5-6,12,14,16,20H,2-4,7-11,18H2,1H3. The smallest absolute Gasteiger partial charge is 0.0686 e. The molecule has 1 aliphatic heterocycles. The molecule has 1 spiro atoms. The fraction of sp³-hybridized carbons (Fsp3) is 0.706. The van der Waals surface area contributed by atoms with Gasteiger partial charge in [-0.2, -0.15) is 0 Å². The van der Waals surface area contributed by atoms with Crippen LogP contribution in [0.25, 0.3) is 0 Å². The van der Waals surface area contributed by atoms with Crippen LogP contribution in [0.2, 0.25) is 0 Å². The van der Waals surface area contributed by atoms with Crippen LogP contribution in [-0.4, -0.2) is 17.2 Å². The van der Waals surface area contributed by atoms with Gasteiger partial charge in [0.05, 0.1) is 11.6 Å². The number of hydrogen-bond donors (Lipinski definition) is 2. The molecular formula is C17H27N3O. The normalized spacial score (nSPS) is 26.7. The highest BCUT2D eigenvalue weighted by atomic mass is 16.5. The highest BCUT2D eigenvalue weighted by Crippen LogP contribution is 2.44. The Morgan fingerprint density at radius 1 is 1.33 bits per heavy atom. The van der Waals surface area contributed by atoms with Gasteiger partial charge in [-0.15, -0.1) is 0 Å². The lowest BCUT2D eigenvalue weighted by molar-refractivity contribution is -0.122. The Morgan fingerprint density at radius 2 is 2.14 bits per heavy atom. The first-order valence-electron chi connectivity index (χ1n) is 8.25. The Bertz CT molecular complexity index is 448. The SMILES string of the molecule is Cc1ccc(C(NN)C2CCOC3(CCCCC3)C2)cn1. The van der Waals surface area contributed by atoms with Gasteiger partial charge in [-0.3, -0.25) is 16.3 Å². The summed E-state index contributed by atoms with van der Waals surface area (Å²) in [4.78, 5) is 4.42. The molecule has 2 heterocycles. The molecule has 1 aliphatic carbocycles. The van der Waals surface area contributed by atoms with E-state index in [0.29, 0.717) is 5.92 Å². The van der Waals surface area contributed by atoms with E-state index >= 15 is 0 Å². The summed E-state index contributed by atoms with van der Waals surface area (Å²) < 4.78 is 6.20. The third kappa shape index (κ3) is 3.28. The van der Waals surface area contributed by atoms with E-state index in [9.17, 15) is 0 Å². The zero-order valence-corrected chi connectivity index (χ0v) is 13.0. The van der Waals surface area contributed by atoms with Crippen LogP contribution in [0, 0.1) is 12.8 Å². The van der Waals surface area contributed by atoms with Crippen LogP contribution in [0.5, 0.6) is 0 Å². The van der Waals surface area contributed by atoms with Gasteiger partial charge in [-0.25, -0.2) is 0 Å². The highest BCUT2D eigenvalue weighted by molar-refractivity contribution is 5.18. The molecule has 0 bridgehead atoms. The molecule has 4 heteroatoms. The van der Waals surface area contributed by atoms with Crippen molar-refractivity contribution in [1.82, 2.24) is 10.4 Å². The quantitative estimate of drug-likeness (QED) is 0.663. The molecule has 21 heavy (non-hydrogen) atoms. The minimum atomic E-state index is 0.119. The predicted molar refractivity (Wildman–Crippen MR) is 83.5 cm³/mol. The van der Waals surface area contributed by atoms with Crippen LogP contribution in [0.15, 0.2) is 18.3 Å². The number of aryl methyl sites for hydroxylation is 1. The number of nitrogens with one attached hydrogen (secondary N) is 1. The van der Waals surface area contributed by atoms with Crippen LogP contribution < -0.4 is 11.3 Å². The van der Waals surface area contributed by atoms with E-state index < -0.39 is 0 Å². The summed E-state index contributed by atoms with van der Waals surface area (Å²) in [7, 11) is 0. The topological polar surface area (TPSA) is 60.2 Å². The Hall–Kier alpha value is -0.970. The van der Waals surface area contributed by atoms with Crippen molar-refractivity contribution in [3.05, 3.63) is 29.6 Å². The molecule has 3 rings (SSSR count). The predicted octanol–water partition coefficient (Wildman–Crippen LogP) is 3.02. The van der Waals surface area contributed by atoms with Crippen molar-refractivity contribution >= 4 is 0 Å². The van der Waals surface area contributed by atoms with Crippen LogP contribution in [0.4, 0.5) is 0 Å². The molecule has 1 saturated carbocycles. The summed E-state index contributed by atoms with van der Waals surface area (Å²) in [6.45, 7) is 2.88. The first-order valence-corrected chi connectivity index (χ1v) is 8.25. The first-order chi connectivity index (χ1) is 10.2. The second-order valence-corrected chi connectivity index (χ2v) is 6.72. The van der Waals surface area contributed by atoms with E-state index in [2.05, 4.69) is 22.5 Å². The average Bonchev–Trinajstić information content (AvgIpc) is 2.51. The molecular weight excluding hydrogens is 262 g/mol. The fourth-order valence-corrected chi connectivity index (χ4v) is 4.06. The first kappa shape index (κ1) is 14.9. The summed E-state index contributed by atoms with van der Waals surface area (Å²) >= 11 is 0. The van der Waals surface area contributed by atoms with Gasteiger partial charge in [-0.1, -0.05) is 25.3 Å². The van der Waals surface area contributed by atoms with E-state index in [0.717, 1.165) is 25.1 Å². The molecule has 3 N–H and O–H groups in total. The number of rotatable bonds is 3. The maximum atomic E-state index is 6.20. The summed E-state index contributed by atoms with van der Waals surface area (Å²) in [6.07, 6.45) is 10.6. The van der Waals surface area contributed by atoms with Gasteiger partial charge in [-0.05, 0) is 50.2 Å². The van der Waals surface area contributed by atoms with Crippen molar-refractivity contribution in [3.63, 3.8) is 0 Å². The van der Waals surface area contributed by atoms with Crippen molar-refractivity contribution in [2.75, 3.05) is 6.61 Å². The third-order valence-electron chi connectivity index (χ3n) is 5.24. The largest absolute Gasteiger partial charge is 0.375 e. The van der Waals surface area contributed by atoms with Gasteiger partial charge in [0.25, 0.3) is 0 Å². The van der Waals surface area contributed by atoms with Gasteiger partial charge >= 0.3 is 0 Å². The van der Waals surface area contributed by atoms with Gasteiger partial charge < -0.3 is 4.74 Å². The Labute approximate surface area is 127 Å². The number of aromatic nitrogens is 1. The van der Waals surface area contributed by atoms with E-state index in [1.54, 1.807) is 0 Å². The summed E-state index contributed by atoms with van der Waals surface area (Å²) in [5.74, 6) is 6.41. The Kier molecular flexibility index (Phi) is 4.57. The summed E-state index contributed by atoms with van der Waals surface area (Å²) in [5, 5.41) is 0. The molecule has 1 saturated heterocycles. The van der Waals surface area contributed by atoms with Crippen molar-refractivity contribution < 1.29 is 4.74 Å². The lowest BCUT2D eigenvalue weighted by Gasteiger charge is -2.45. The highest BCUT2D eigenvalue weighted by Gasteiger charge is 2.40. The van der Waals surface area contributed by atoms with Crippen LogP contribution in [-0.2, 0) is 4.74 Å². The Morgan fingerprint density at radius 3 is 2.81 bits per heavy atom. The molecule has 116 valence electrons. The van der Waals surface area contributed by atoms with Crippen LogP contribution >= 0.6 is 0 Å². The zero-order valence-electron chi connectivity index (χ0n) is 13.0. The summed E-state index contributed by atoms with van der Waals surface area (Å²) in [6, 6.07) is 4.39. The second kappa shape index (κ2) is 6.42. The lowest BCUT2D eigenvalue weighted by Crippen LogP contribution is -2.45. The van der Waals surface area contributed by atoms with Crippen molar-refractivity contribution in [2.24, 2.45) is 11.8 Å². The van der Waals surface area contributed by atoms with Crippen molar-refractivity contribution in [1.29, 1.82) is 0 Å². The molecule has 0 amide bonds. The maximum absolute atomic E-state index is 6.20. The van der Waals surface area contributed by atoms with Crippen molar-refractivity contribution in [2.45, 2.75) is 63.5 Å². The van der Waals surface area contributed by atoms with Crippen LogP contribution in [0.1, 0.15) is 62.2 Å². The number of nitrogens with two attached hydrogens (primary N) is 1. The third-order valence-corrected chi connectivity index (χ3v) is 5.24. The molecule has 0 aromatic carbocycles. The minimum Gasteiger partial charge on any atom is -0.375 e. The van der Waals surface area contributed by atoms with E-state index in [-0.39, 0.29) is 11.6 Å². The molecule has 1 aromatic heterocycles. The molecule has 2 atom stereocenters. The molecule has 2 unspecified atom stereocenters. The molecule has 4 nitrogen and oxygen atoms in total. The van der Waals surface area contributed by atoms with Gasteiger partial charge in [0.15, 0.2) is 0 Å². The average molecular weight is 289 g/mol. The van der Waals surface area contributed by atoms with E-state index in [1.165, 1.54) is 37.7 Å². The van der Waals surface area contributed by atoms with E-state index in [1.807, 2.05) is 13.1 Å². The number of nitrogens with zero attached hydrogens (tertiary/aromatic N) is 1. The number of pyridine rings is 1. The van der Waals surface area contributed by atoms with Crippen LogP contribution in [0.3, 0.4) is 0 Å². The monoisotopic (exact) mass is 289 g/mol. The number of hydrazine groups is 1. The summed E-state index contributed by atoms with van der Waals surface area (Å²) in [5.41, 5.74) is 5.40. The number of ether oxygens (including phenoxy) is 1. The molecule has 2 aliphatic rings. The van der Waals surface area contributed by atoms with E-state index in [4.69, 9.17) is 10.6 Å². The van der Waals surface area contributed by atoms with Gasteiger partial charge in [0, 0.05) is 18.5 Å². The minimum absolute atomic E-state index is 0.119. The molecule has 2 fully saturated rings. The second-order valence-electron chi connectivity index (χ2n) is 6.72. The maximum Gasteiger partial charge on any atom is 0.0686 e. The van der Waals surface area contributed by atoms with Crippen molar-refractivity contribution in [3.8, 4) is 0 Å². The lowest BCUT2D eigenvalue weighted by atomic mass is 9.73.